The van der Waals surface area contributed by atoms with Crippen LogP contribution >= 0.6 is 11.6 Å². The van der Waals surface area contributed by atoms with Crippen LogP contribution in [0.4, 0.5) is 0 Å². The van der Waals surface area contributed by atoms with Crippen molar-refractivity contribution in [2.75, 3.05) is 0 Å². The minimum absolute atomic E-state index is 0.528. The molecule has 0 heterocycles. The molecule has 0 spiro atoms. The number of rotatable bonds is 2. The van der Waals surface area contributed by atoms with Gasteiger partial charge in [0.2, 0.25) is 0 Å². The lowest BCUT2D eigenvalue weighted by atomic mass is 9.95. The van der Waals surface area contributed by atoms with Crippen LogP contribution in [0, 0.1) is 13.8 Å². The van der Waals surface area contributed by atoms with Gasteiger partial charge in [0, 0.05) is 11.6 Å². The Morgan fingerprint density at radius 1 is 1.00 bits per heavy atom. The van der Waals surface area contributed by atoms with E-state index in [0.29, 0.717) is 6.54 Å². The molecule has 0 saturated heterocycles. The van der Waals surface area contributed by atoms with E-state index in [1.807, 2.05) is 18.2 Å². The van der Waals surface area contributed by atoms with Gasteiger partial charge in [0.05, 0.1) is 0 Å². The number of aryl methyl sites for hydroxylation is 2. The van der Waals surface area contributed by atoms with Gasteiger partial charge in [-0.15, -0.1) is 0 Å². The van der Waals surface area contributed by atoms with Crippen LogP contribution < -0.4 is 5.73 Å². The molecule has 0 fully saturated rings. The fraction of sp³-hybridized carbons (Fsp3) is 0.200. The predicted octanol–water partition coefficient (Wildman–Crippen LogP) is 4.08. The van der Waals surface area contributed by atoms with E-state index in [0.717, 1.165) is 16.1 Å². The van der Waals surface area contributed by atoms with Gasteiger partial charge in [-0.3, -0.25) is 0 Å². The Bertz CT molecular complexity index is 547. The first-order valence-electron chi connectivity index (χ1n) is 5.68. The van der Waals surface area contributed by atoms with Gasteiger partial charge in [-0.2, -0.15) is 0 Å². The second-order valence-corrected chi connectivity index (χ2v) is 4.76. The zero-order valence-corrected chi connectivity index (χ0v) is 10.9. The zero-order valence-electron chi connectivity index (χ0n) is 10.1. The summed E-state index contributed by atoms with van der Waals surface area (Å²) in [4.78, 5) is 0. The topological polar surface area (TPSA) is 26.0 Å². The summed E-state index contributed by atoms with van der Waals surface area (Å²) in [6.07, 6.45) is 0. The maximum Gasteiger partial charge on any atom is 0.0412 e. The lowest BCUT2D eigenvalue weighted by Crippen LogP contribution is -1.99. The van der Waals surface area contributed by atoms with E-state index >= 15 is 0 Å². The van der Waals surface area contributed by atoms with Crippen molar-refractivity contribution >= 4 is 11.6 Å². The van der Waals surface area contributed by atoms with E-state index in [2.05, 4.69) is 32.0 Å². The van der Waals surface area contributed by atoms with Crippen molar-refractivity contribution in [3.8, 4) is 11.1 Å². The molecule has 0 saturated carbocycles. The Morgan fingerprint density at radius 2 is 1.76 bits per heavy atom. The SMILES string of the molecule is Cc1ccc(-c2cc(Cl)ccc2CN)c(C)c1. The summed E-state index contributed by atoms with van der Waals surface area (Å²) in [5.74, 6) is 0. The number of benzene rings is 2. The molecule has 2 N–H and O–H groups in total. The van der Waals surface area contributed by atoms with Crippen LogP contribution in [0.25, 0.3) is 11.1 Å². The van der Waals surface area contributed by atoms with Gasteiger partial charge < -0.3 is 5.73 Å². The Balaban J connectivity index is 2.62. The van der Waals surface area contributed by atoms with Gasteiger partial charge in [-0.05, 0) is 48.2 Å². The summed E-state index contributed by atoms with van der Waals surface area (Å²) < 4.78 is 0. The van der Waals surface area contributed by atoms with Gasteiger partial charge >= 0.3 is 0 Å². The molecule has 0 aliphatic carbocycles. The molecule has 2 rings (SSSR count). The fourth-order valence-electron chi connectivity index (χ4n) is 2.09. The third-order valence-electron chi connectivity index (χ3n) is 2.96. The van der Waals surface area contributed by atoms with E-state index in [9.17, 15) is 0 Å². The molecule has 0 radical (unpaired) electrons. The molecule has 0 unspecified atom stereocenters. The van der Waals surface area contributed by atoms with Crippen LogP contribution in [-0.2, 0) is 6.54 Å². The smallest absolute Gasteiger partial charge is 0.0412 e. The molecule has 0 amide bonds. The highest BCUT2D eigenvalue weighted by Crippen LogP contribution is 2.29. The molecule has 1 nitrogen and oxygen atoms in total. The van der Waals surface area contributed by atoms with Gasteiger partial charge in [0.15, 0.2) is 0 Å². The summed E-state index contributed by atoms with van der Waals surface area (Å²) in [6.45, 7) is 4.74. The summed E-state index contributed by atoms with van der Waals surface area (Å²) in [5.41, 5.74) is 11.8. The monoisotopic (exact) mass is 245 g/mol. The molecule has 2 aromatic carbocycles. The van der Waals surface area contributed by atoms with Crippen molar-refractivity contribution in [3.63, 3.8) is 0 Å². The largest absolute Gasteiger partial charge is 0.326 e. The number of nitrogens with two attached hydrogens (primary N) is 1. The molecule has 88 valence electrons. The summed E-state index contributed by atoms with van der Waals surface area (Å²) in [6, 6.07) is 12.3. The van der Waals surface area contributed by atoms with E-state index in [4.69, 9.17) is 17.3 Å². The van der Waals surface area contributed by atoms with Crippen molar-refractivity contribution in [1.29, 1.82) is 0 Å². The van der Waals surface area contributed by atoms with Gasteiger partial charge in [0.1, 0.15) is 0 Å². The Labute approximate surface area is 107 Å². The molecule has 0 aliphatic rings. The summed E-state index contributed by atoms with van der Waals surface area (Å²) >= 11 is 6.07. The molecule has 0 aromatic heterocycles. The third kappa shape index (κ3) is 2.51. The van der Waals surface area contributed by atoms with Crippen molar-refractivity contribution in [2.45, 2.75) is 20.4 Å². The van der Waals surface area contributed by atoms with Crippen LogP contribution in [0.5, 0.6) is 0 Å². The maximum atomic E-state index is 6.07. The molecule has 2 heteroatoms. The van der Waals surface area contributed by atoms with E-state index in [1.165, 1.54) is 16.7 Å². The highest BCUT2D eigenvalue weighted by molar-refractivity contribution is 6.30. The molecular formula is C15H16ClN. The Kier molecular flexibility index (Phi) is 3.51. The molecule has 17 heavy (non-hydrogen) atoms. The Morgan fingerprint density at radius 3 is 2.41 bits per heavy atom. The standard InChI is InChI=1S/C15H16ClN/c1-10-3-6-14(11(2)7-10)15-8-13(16)5-4-12(15)9-17/h3-8H,9,17H2,1-2H3. The highest BCUT2D eigenvalue weighted by atomic mass is 35.5. The highest BCUT2D eigenvalue weighted by Gasteiger charge is 2.07. The fourth-order valence-corrected chi connectivity index (χ4v) is 2.27. The van der Waals surface area contributed by atoms with Crippen molar-refractivity contribution in [1.82, 2.24) is 0 Å². The van der Waals surface area contributed by atoms with E-state index < -0.39 is 0 Å². The Hall–Kier alpha value is -1.31. The van der Waals surface area contributed by atoms with Crippen molar-refractivity contribution in [2.24, 2.45) is 5.73 Å². The third-order valence-corrected chi connectivity index (χ3v) is 3.20. The minimum atomic E-state index is 0.528. The predicted molar refractivity (Wildman–Crippen MR) is 74.3 cm³/mol. The van der Waals surface area contributed by atoms with Crippen LogP contribution in [0.3, 0.4) is 0 Å². The van der Waals surface area contributed by atoms with Crippen LogP contribution in [0.2, 0.25) is 5.02 Å². The molecule has 0 atom stereocenters. The van der Waals surface area contributed by atoms with E-state index in [-0.39, 0.29) is 0 Å². The number of halogens is 1. The molecular weight excluding hydrogens is 230 g/mol. The number of hydrogen-bond donors (Lipinski definition) is 1. The molecule has 0 aliphatic heterocycles. The normalized spacial score (nSPS) is 10.6. The maximum absolute atomic E-state index is 6.07. The van der Waals surface area contributed by atoms with Gasteiger partial charge in [0.25, 0.3) is 0 Å². The first kappa shape index (κ1) is 12.2. The minimum Gasteiger partial charge on any atom is -0.326 e. The molecule has 0 bridgehead atoms. The summed E-state index contributed by atoms with van der Waals surface area (Å²) in [7, 11) is 0. The molecule has 2 aromatic rings. The van der Waals surface area contributed by atoms with Gasteiger partial charge in [-0.1, -0.05) is 41.4 Å². The second-order valence-electron chi connectivity index (χ2n) is 4.32. The lowest BCUT2D eigenvalue weighted by molar-refractivity contribution is 1.07. The first-order valence-corrected chi connectivity index (χ1v) is 6.05. The first-order chi connectivity index (χ1) is 8.11. The van der Waals surface area contributed by atoms with Crippen LogP contribution in [-0.4, -0.2) is 0 Å². The lowest BCUT2D eigenvalue weighted by Gasteiger charge is -2.12. The van der Waals surface area contributed by atoms with Crippen LogP contribution in [0.1, 0.15) is 16.7 Å². The van der Waals surface area contributed by atoms with Crippen molar-refractivity contribution in [3.05, 3.63) is 58.1 Å². The second kappa shape index (κ2) is 4.91. The summed E-state index contributed by atoms with van der Waals surface area (Å²) in [5, 5.41) is 0.747. The zero-order chi connectivity index (χ0) is 12.4. The average Bonchev–Trinajstić information content (AvgIpc) is 2.29. The van der Waals surface area contributed by atoms with Crippen molar-refractivity contribution < 1.29 is 0 Å². The quantitative estimate of drug-likeness (QED) is 0.848. The number of hydrogen-bond acceptors (Lipinski definition) is 1. The van der Waals surface area contributed by atoms with Gasteiger partial charge in [-0.25, -0.2) is 0 Å². The van der Waals surface area contributed by atoms with Crippen LogP contribution in [0.15, 0.2) is 36.4 Å². The average molecular weight is 246 g/mol. The van der Waals surface area contributed by atoms with E-state index in [1.54, 1.807) is 0 Å².